The van der Waals surface area contributed by atoms with Crippen LogP contribution in [-0.4, -0.2) is 125 Å². The van der Waals surface area contributed by atoms with Crippen LogP contribution < -0.4 is 10.6 Å². The van der Waals surface area contributed by atoms with E-state index in [2.05, 4.69) is 20.8 Å². The van der Waals surface area contributed by atoms with Crippen LogP contribution in [0.4, 0.5) is 0 Å². The molecular weight excluding hydrogens is 665 g/mol. The molecule has 1 unspecified atom stereocenters. The van der Waals surface area contributed by atoms with Crippen LogP contribution in [0.25, 0.3) is 0 Å². The summed E-state index contributed by atoms with van der Waals surface area (Å²) in [6.45, 7) is 1.83. The molecule has 3 atom stereocenters. The van der Waals surface area contributed by atoms with Crippen LogP contribution in [0.1, 0.15) is 18.5 Å². The number of piperazine rings is 1. The number of β-lactam (4-membered cyclic amide) rings is 1. The van der Waals surface area contributed by atoms with Crippen molar-refractivity contribution in [1.29, 1.82) is 0 Å². The normalized spacial score (nSPS) is 21.7. The molecule has 6 amide bonds. The maximum absolute atomic E-state index is 14.1. The van der Waals surface area contributed by atoms with E-state index in [-0.39, 0.29) is 61.0 Å². The van der Waals surface area contributed by atoms with Crippen molar-refractivity contribution < 1.29 is 43.8 Å². The average molecular weight is 691 g/mol. The lowest BCUT2D eigenvalue weighted by Crippen LogP contribution is -2.85. The molecule has 20 heteroatoms. The molecule has 0 spiro atoms. The van der Waals surface area contributed by atoms with Gasteiger partial charge in [0.25, 0.3) is 11.8 Å². The summed E-state index contributed by atoms with van der Waals surface area (Å²) in [4.78, 5) is 92.5. The van der Waals surface area contributed by atoms with Gasteiger partial charge in [0.2, 0.25) is 18.5 Å². The second-order valence-electron chi connectivity index (χ2n) is 9.94. The van der Waals surface area contributed by atoms with Crippen LogP contribution >= 0.6 is 34.9 Å². The van der Waals surface area contributed by atoms with Crippen molar-refractivity contribution in [2.45, 2.75) is 28.3 Å². The number of fused-ring (bicyclic) bond motifs is 1. The summed E-state index contributed by atoms with van der Waals surface area (Å²) in [5.74, 6) is -5.38. The van der Waals surface area contributed by atoms with E-state index in [0.717, 1.165) is 27.7 Å². The molecule has 4 N–H and O–H groups in total. The van der Waals surface area contributed by atoms with E-state index in [1.165, 1.54) is 51.7 Å². The SMILES string of the molecule is CCN1CCN(N(C=O)C(C(=O)N[C@]2(NC=O)C(=O)N3C(C(=O)O)=C(CSc4nncs4)CS[C@H]32)c2cccc(O)c2)C(=O)C1=O. The van der Waals surface area contributed by atoms with Gasteiger partial charge in [-0.05, 0) is 30.2 Å². The van der Waals surface area contributed by atoms with Crippen LogP contribution in [0.2, 0.25) is 0 Å². The monoisotopic (exact) mass is 690 g/mol. The van der Waals surface area contributed by atoms with E-state index in [0.29, 0.717) is 14.9 Å². The van der Waals surface area contributed by atoms with Gasteiger partial charge in [-0.2, -0.15) is 0 Å². The Hall–Kier alpha value is -4.69. The number of carbonyl (C=O) groups excluding carboxylic acids is 6. The Morgan fingerprint density at radius 2 is 2.02 bits per heavy atom. The summed E-state index contributed by atoms with van der Waals surface area (Å²) in [7, 11) is 0. The van der Waals surface area contributed by atoms with Crippen molar-refractivity contribution in [3.63, 3.8) is 0 Å². The number of thioether (sulfide) groups is 2. The second-order valence-corrected chi connectivity index (χ2v) is 13.1. The van der Waals surface area contributed by atoms with Crippen LogP contribution in [-0.2, 0) is 33.6 Å². The largest absolute Gasteiger partial charge is 0.508 e. The molecule has 0 bridgehead atoms. The topological polar surface area (TPSA) is 223 Å². The Balaban J connectivity index is 1.47. The third-order valence-electron chi connectivity index (χ3n) is 7.43. The molecule has 1 aromatic carbocycles. The number of hydrazine groups is 1. The minimum atomic E-state index is -2.15. The second kappa shape index (κ2) is 13.3. The smallest absolute Gasteiger partial charge is 0.352 e. The summed E-state index contributed by atoms with van der Waals surface area (Å²) in [6, 6.07) is 3.51. The summed E-state index contributed by atoms with van der Waals surface area (Å²) in [6.07, 6.45) is 0.340. The summed E-state index contributed by atoms with van der Waals surface area (Å²) < 4.78 is 0.595. The zero-order valence-electron chi connectivity index (χ0n) is 23.9. The highest BCUT2D eigenvalue weighted by molar-refractivity contribution is 8.01. The first kappa shape index (κ1) is 32.7. The third-order valence-corrected chi connectivity index (χ3v) is 10.8. The van der Waals surface area contributed by atoms with E-state index in [9.17, 15) is 43.8 Å². The highest BCUT2D eigenvalue weighted by Gasteiger charge is 2.66. The minimum absolute atomic E-state index is 0.00561. The third kappa shape index (κ3) is 5.73. The number of benzene rings is 1. The van der Waals surface area contributed by atoms with Gasteiger partial charge in [-0.1, -0.05) is 35.2 Å². The van der Waals surface area contributed by atoms with Gasteiger partial charge in [0.15, 0.2) is 10.4 Å². The molecule has 0 radical (unpaired) electrons. The van der Waals surface area contributed by atoms with Crippen molar-refractivity contribution in [1.82, 2.24) is 40.6 Å². The van der Waals surface area contributed by atoms with Crippen molar-refractivity contribution in [2.75, 3.05) is 31.1 Å². The number of phenolic OH excluding ortho intramolecular Hbond substituents is 1. The van der Waals surface area contributed by atoms with Gasteiger partial charge in [0.05, 0.1) is 6.54 Å². The average Bonchev–Trinajstić information content (AvgIpc) is 3.57. The molecule has 0 aliphatic carbocycles. The lowest BCUT2D eigenvalue weighted by atomic mass is 9.94. The number of carbonyl (C=O) groups is 7. The summed E-state index contributed by atoms with van der Waals surface area (Å²) >= 11 is 3.60. The molecule has 0 saturated carbocycles. The molecule has 3 aliphatic heterocycles. The predicted octanol–water partition coefficient (Wildman–Crippen LogP) is -1.05. The Morgan fingerprint density at radius 3 is 2.65 bits per heavy atom. The zero-order valence-corrected chi connectivity index (χ0v) is 26.3. The van der Waals surface area contributed by atoms with Gasteiger partial charge in [-0.15, -0.1) is 22.0 Å². The van der Waals surface area contributed by atoms with Gasteiger partial charge < -0.3 is 25.7 Å². The highest BCUT2D eigenvalue weighted by Crippen LogP contribution is 2.46. The first-order valence-corrected chi connectivity index (χ1v) is 16.5. The minimum Gasteiger partial charge on any atom is -0.508 e. The highest BCUT2D eigenvalue weighted by atomic mass is 32.2. The van der Waals surface area contributed by atoms with Crippen molar-refractivity contribution >= 4 is 77.3 Å². The van der Waals surface area contributed by atoms with Gasteiger partial charge in [0, 0.05) is 24.6 Å². The molecule has 5 rings (SSSR count). The Kier molecular flexibility index (Phi) is 9.49. The van der Waals surface area contributed by atoms with Gasteiger partial charge in [-0.25, -0.2) is 14.8 Å². The molecule has 46 heavy (non-hydrogen) atoms. The Morgan fingerprint density at radius 1 is 1.24 bits per heavy atom. The Labute approximate surface area is 272 Å². The lowest BCUT2D eigenvalue weighted by Gasteiger charge is -2.56. The van der Waals surface area contributed by atoms with Crippen LogP contribution in [0.5, 0.6) is 5.75 Å². The molecular formula is C26H26N8O9S3. The van der Waals surface area contributed by atoms with Gasteiger partial charge >= 0.3 is 17.8 Å². The molecule has 1 aromatic heterocycles. The van der Waals surface area contributed by atoms with E-state index >= 15 is 0 Å². The van der Waals surface area contributed by atoms with Gasteiger partial charge in [0.1, 0.15) is 22.3 Å². The number of nitrogens with one attached hydrogen (secondary N) is 2. The zero-order chi connectivity index (χ0) is 33.2. The molecule has 2 fully saturated rings. The number of aromatic nitrogens is 2. The number of nitrogens with zero attached hydrogens (tertiary/aromatic N) is 6. The van der Waals surface area contributed by atoms with Crippen molar-refractivity contribution in [3.05, 3.63) is 46.6 Å². The van der Waals surface area contributed by atoms with Gasteiger partial charge in [-0.3, -0.25) is 33.7 Å². The first-order valence-electron chi connectivity index (χ1n) is 13.5. The van der Waals surface area contributed by atoms with Crippen LogP contribution in [0.3, 0.4) is 0 Å². The number of carboxylic acid groups (broad SMARTS) is 1. The molecule has 17 nitrogen and oxygen atoms in total. The fourth-order valence-electron chi connectivity index (χ4n) is 5.31. The number of rotatable bonds is 13. The number of hydrogen-bond acceptors (Lipinski definition) is 13. The number of likely N-dealkylation sites (N-methyl/N-ethyl adjacent to an activating group) is 1. The number of aliphatic carboxylic acids is 1. The molecule has 4 heterocycles. The fourth-order valence-corrected chi connectivity index (χ4v) is 8.36. The number of carboxylic acids is 1. The van der Waals surface area contributed by atoms with E-state index in [1.807, 2.05) is 0 Å². The molecule has 3 aliphatic rings. The van der Waals surface area contributed by atoms with Crippen LogP contribution in [0, 0.1) is 0 Å². The predicted molar refractivity (Wildman–Crippen MR) is 161 cm³/mol. The number of phenols is 1. The molecule has 2 saturated heterocycles. The molecule has 242 valence electrons. The van der Waals surface area contributed by atoms with E-state index in [4.69, 9.17) is 0 Å². The van der Waals surface area contributed by atoms with Crippen LogP contribution in [0.15, 0.2) is 45.4 Å². The number of hydrogen-bond donors (Lipinski definition) is 4. The standard InChI is InChI=1S/C26H26N8O9S3/c1-2-31-6-7-32(21(40)20(31)39)33(13-36)17(14-4-3-5-16(37)8-14)19(38)29-26(27-11-35)23(43)34-18(22(41)42)15(9-44-24(26)34)10-45-25-30-28-12-46-25/h3-5,8,11-13,17,24,37H,2,6-7,9-10H2,1H3,(H,27,35)(H,29,38)(H,41,42)/t17?,24-,26+/m0/s1. The number of aromatic hydroxyl groups is 1. The first-order chi connectivity index (χ1) is 22.1. The van der Waals surface area contributed by atoms with Crippen molar-refractivity contribution in [2.24, 2.45) is 0 Å². The fraction of sp³-hybridized carbons (Fsp3) is 0.346. The van der Waals surface area contributed by atoms with Crippen molar-refractivity contribution in [3.8, 4) is 5.75 Å². The number of amides is 6. The lowest BCUT2D eigenvalue weighted by molar-refractivity contribution is -0.178. The summed E-state index contributed by atoms with van der Waals surface area (Å²) in [5.41, 5.74) is -0.512. The maximum atomic E-state index is 14.1. The maximum Gasteiger partial charge on any atom is 0.352 e. The Bertz CT molecular complexity index is 1620. The quantitative estimate of drug-likeness (QED) is 0.0649. The van der Waals surface area contributed by atoms with E-state index in [1.54, 1.807) is 6.92 Å². The summed E-state index contributed by atoms with van der Waals surface area (Å²) in [5, 5.41) is 33.1. The van der Waals surface area contributed by atoms with E-state index < -0.39 is 46.7 Å². The molecule has 2 aromatic rings.